The Labute approximate surface area is 194 Å². The molecule has 2 unspecified atom stereocenters. The molecule has 3 aromatic carbocycles. The second-order valence-corrected chi connectivity index (χ2v) is 9.05. The van der Waals surface area contributed by atoms with E-state index in [4.69, 9.17) is 11.6 Å². The smallest absolute Gasteiger partial charge is 0.227 e. The molecule has 1 saturated heterocycles. The molecule has 1 heterocycles. The van der Waals surface area contributed by atoms with Crippen LogP contribution in [0.2, 0.25) is 5.02 Å². The Bertz CT molecular complexity index is 1040. The normalized spacial score (nSPS) is 19.0. The van der Waals surface area contributed by atoms with Crippen LogP contribution in [-0.2, 0) is 17.9 Å². The number of rotatable bonds is 6. The fraction of sp³-hybridized carbons (Fsp3) is 0.296. The minimum absolute atomic E-state index is 0.130. The third-order valence-corrected chi connectivity index (χ3v) is 6.58. The van der Waals surface area contributed by atoms with Crippen molar-refractivity contribution in [3.63, 3.8) is 0 Å². The third-order valence-electron chi connectivity index (χ3n) is 6.21. The summed E-state index contributed by atoms with van der Waals surface area (Å²) in [7, 11) is 1.87. The first-order chi connectivity index (χ1) is 15.5. The minimum Gasteiger partial charge on any atom is -0.341 e. The van der Waals surface area contributed by atoms with E-state index in [-0.39, 0.29) is 23.6 Å². The second kappa shape index (κ2) is 10.3. The van der Waals surface area contributed by atoms with Crippen LogP contribution in [0.25, 0.3) is 0 Å². The standard InChI is InChI=1S/C27H28ClFN2O/c1-30(16-20-7-3-2-4-8-20)27(32)24-15-23(21-11-13-25(29)14-12-21)18-31(19-24)17-22-9-5-6-10-26(22)28/h2-14,23-24H,15-19H2,1H3. The molecule has 3 aromatic rings. The number of piperidine rings is 1. The van der Waals surface area contributed by atoms with E-state index in [0.29, 0.717) is 19.6 Å². The molecule has 3 nitrogen and oxygen atoms in total. The van der Waals surface area contributed by atoms with Crippen molar-refractivity contribution in [2.75, 3.05) is 20.1 Å². The summed E-state index contributed by atoms with van der Waals surface area (Å²) < 4.78 is 13.5. The summed E-state index contributed by atoms with van der Waals surface area (Å²) in [6.45, 7) is 2.76. The first-order valence-electron chi connectivity index (χ1n) is 11.0. The SMILES string of the molecule is CN(Cc1ccccc1)C(=O)C1CC(c2ccc(F)cc2)CN(Cc2ccccc2Cl)C1. The maximum Gasteiger partial charge on any atom is 0.227 e. The summed E-state index contributed by atoms with van der Waals surface area (Å²) in [6.07, 6.45) is 0.753. The van der Waals surface area contributed by atoms with Crippen molar-refractivity contribution in [2.24, 2.45) is 5.92 Å². The van der Waals surface area contributed by atoms with Gasteiger partial charge in [-0.3, -0.25) is 9.69 Å². The van der Waals surface area contributed by atoms with Gasteiger partial charge in [-0.25, -0.2) is 4.39 Å². The molecule has 1 amide bonds. The number of amides is 1. The van der Waals surface area contributed by atoms with E-state index in [9.17, 15) is 9.18 Å². The topological polar surface area (TPSA) is 23.6 Å². The Morgan fingerprint density at radius 2 is 1.69 bits per heavy atom. The number of hydrogen-bond acceptors (Lipinski definition) is 2. The Balaban J connectivity index is 1.53. The van der Waals surface area contributed by atoms with Crippen LogP contribution in [0.5, 0.6) is 0 Å². The quantitative estimate of drug-likeness (QED) is 0.477. The lowest BCUT2D eigenvalue weighted by Crippen LogP contribution is -2.45. The Morgan fingerprint density at radius 1 is 1.00 bits per heavy atom. The molecule has 32 heavy (non-hydrogen) atoms. The lowest BCUT2D eigenvalue weighted by molar-refractivity contribution is -0.137. The van der Waals surface area contributed by atoms with Crippen LogP contribution in [0, 0.1) is 11.7 Å². The highest BCUT2D eigenvalue weighted by atomic mass is 35.5. The maximum absolute atomic E-state index is 13.5. The predicted molar refractivity (Wildman–Crippen MR) is 127 cm³/mol. The summed E-state index contributed by atoms with van der Waals surface area (Å²) in [5, 5.41) is 0.737. The number of benzene rings is 3. The summed E-state index contributed by atoms with van der Waals surface area (Å²) in [6, 6.07) is 24.6. The number of likely N-dealkylation sites (tertiary alicyclic amines) is 1. The lowest BCUT2D eigenvalue weighted by Gasteiger charge is -2.39. The molecule has 0 saturated carbocycles. The molecule has 166 valence electrons. The Hall–Kier alpha value is -2.69. The molecule has 1 aliphatic heterocycles. The van der Waals surface area contributed by atoms with E-state index < -0.39 is 0 Å². The summed E-state index contributed by atoms with van der Waals surface area (Å²) in [4.78, 5) is 17.5. The van der Waals surface area contributed by atoms with E-state index in [2.05, 4.69) is 4.90 Å². The molecular weight excluding hydrogens is 423 g/mol. The van der Waals surface area contributed by atoms with Gasteiger partial charge in [-0.05, 0) is 47.2 Å². The lowest BCUT2D eigenvalue weighted by atomic mass is 9.83. The monoisotopic (exact) mass is 450 g/mol. The zero-order valence-corrected chi connectivity index (χ0v) is 19.0. The number of hydrogen-bond donors (Lipinski definition) is 0. The highest BCUT2D eigenvalue weighted by Crippen LogP contribution is 2.33. The molecule has 4 rings (SSSR count). The van der Waals surface area contributed by atoms with E-state index >= 15 is 0 Å². The van der Waals surface area contributed by atoms with Gasteiger partial charge in [0.2, 0.25) is 5.91 Å². The predicted octanol–water partition coefficient (Wildman–Crippen LogP) is 5.74. The van der Waals surface area contributed by atoms with Crippen LogP contribution < -0.4 is 0 Å². The highest BCUT2D eigenvalue weighted by molar-refractivity contribution is 6.31. The van der Waals surface area contributed by atoms with Crippen molar-refractivity contribution in [3.05, 3.63) is 106 Å². The van der Waals surface area contributed by atoms with Gasteiger partial charge in [-0.15, -0.1) is 0 Å². The average Bonchev–Trinajstić information content (AvgIpc) is 2.81. The van der Waals surface area contributed by atoms with E-state index in [0.717, 1.165) is 34.7 Å². The van der Waals surface area contributed by atoms with E-state index in [1.54, 1.807) is 0 Å². The van der Waals surface area contributed by atoms with Gasteiger partial charge in [0.25, 0.3) is 0 Å². The molecule has 1 aliphatic rings. The summed E-state index contributed by atoms with van der Waals surface area (Å²) in [5.41, 5.74) is 3.23. The number of carbonyl (C=O) groups is 1. The van der Waals surface area contributed by atoms with Crippen LogP contribution in [0.3, 0.4) is 0 Å². The molecule has 5 heteroatoms. The Morgan fingerprint density at radius 3 is 2.41 bits per heavy atom. The fourth-order valence-corrected chi connectivity index (χ4v) is 4.78. The molecule has 0 aromatic heterocycles. The maximum atomic E-state index is 13.5. The van der Waals surface area contributed by atoms with Crippen LogP contribution >= 0.6 is 11.6 Å². The zero-order valence-electron chi connectivity index (χ0n) is 18.3. The van der Waals surface area contributed by atoms with Crippen LogP contribution in [0.1, 0.15) is 29.0 Å². The zero-order chi connectivity index (χ0) is 22.5. The first-order valence-corrected chi connectivity index (χ1v) is 11.4. The molecule has 0 aliphatic carbocycles. The number of halogens is 2. The summed E-state index contributed by atoms with van der Waals surface area (Å²) in [5.74, 6) is -0.0709. The van der Waals surface area contributed by atoms with Crippen molar-refractivity contribution in [1.82, 2.24) is 9.80 Å². The molecule has 0 radical (unpaired) electrons. The second-order valence-electron chi connectivity index (χ2n) is 8.65. The largest absolute Gasteiger partial charge is 0.341 e. The van der Waals surface area contributed by atoms with Crippen LogP contribution in [0.15, 0.2) is 78.9 Å². The molecule has 1 fully saturated rings. The minimum atomic E-state index is -0.243. The van der Waals surface area contributed by atoms with Crippen molar-refractivity contribution < 1.29 is 9.18 Å². The van der Waals surface area contributed by atoms with Gasteiger partial charge in [0, 0.05) is 38.2 Å². The van der Waals surface area contributed by atoms with Gasteiger partial charge in [-0.1, -0.05) is 72.3 Å². The van der Waals surface area contributed by atoms with Gasteiger partial charge in [0.05, 0.1) is 5.92 Å². The number of nitrogens with zero attached hydrogens (tertiary/aromatic N) is 2. The highest BCUT2D eigenvalue weighted by Gasteiger charge is 2.34. The Kier molecular flexibility index (Phi) is 7.23. The third kappa shape index (κ3) is 5.56. The van der Waals surface area contributed by atoms with Gasteiger partial charge < -0.3 is 4.90 Å². The van der Waals surface area contributed by atoms with E-state index in [1.165, 1.54) is 12.1 Å². The molecule has 0 bridgehead atoms. The first kappa shape index (κ1) is 22.5. The summed E-state index contributed by atoms with van der Waals surface area (Å²) >= 11 is 6.41. The van der Waals surface area contributed by atoms with Crippen molar-refractivity contribution in [2.45, 2.75) is 25.4 Å². The molecule has 2 atom stereocenters. The van der Waals surface area contributed by atoms with Gasteiger partial charge in [0.15, 0.2) is 0 Å². The molecule has 0 spiro atoms. The van der Waals surface area contributed by atoms with Crippen molar-refractivity contribution in [1.29, 1.82) is 0 Å². The van der Waals surface area contributed by atoms with Crippen LogP contribution in [0.4, 0.5) is 4.39 Å². The van der Waals surface area contributed by atoms with E-state index in [1.807, 2.05) is 78.7 Å². The van der Waals surface area contributed by atoms with Gasteiger partial charge in [-0.2, -0.15) is 0 Å². The fourth-order valence-electron chi connectivity index (χ4n) is 4.59. The van der Waals surface area contributed by atoms with Crippen molar-refractivity contribution in [3.8, 4) is 0 Å². The molecule has 0 N–H and O–H groups in total. The van der Waals surface area contributed by atoms with Gasteiger partial charge in [0.1, 0.15) is 5.82 Å². The average molecular weight is 451 g/mol. The van der Waals surface area contributed by atoms with Crippen molar-refractivity contribution >= 4 is 17.5 Å². The van der Waals surface area contributed by atoms with Gasteiger partial charge >= 0.3 is 0 Å². The number of carbonyl (C=O) groups excluding carboxylic acids is 1. The molecular formula is C27H28ClFN2O. The van der Waals surface area contributed by atoms with Crippen LogP contribution in [-0.4, -0.2) is 35.8 Å².